The van der Waals surface area contributed by atoms with E-state index in [4.69, 9.17) is 14.3 Å². The molecule has 41 heavy (non-hydrogen) atoms. The van der Waals surface area contributed by atoms with Crippen LogP contribution in [0.5, 0.6) is 5.75 Å². The van der Waals surface area contributed by atoms with Crippen LogP contribution in [0.1, 0.15) is 54.7 Å². The van der Waals surface area contributed by atoms with Crippen molar-refractivity contribution in [2.75, 3.05) is 7.11 Å². The SMILES string of the molecule is COC(=O)C(Cc1ccc(OC(c2ccc(CC(C)C)cc2)c2cn[nH]c2)cc1)C(C)=NOCc1cccc(F)c1. The molecule has 3 aromatic carbocycles. The van der Waals surface area contributed by atoms with Crippen LogP contribution in [0.3, 0.4) is 0 Å². The number of hydrogen-bond donors (Lipinski definition) is 1. The molecular formula is C33H36FN3O4. The van der Waals surface area contributed by atoms with Gasteiger partial charge >= 0.3 is 5.97 Å². The van der Waals surface area contributed by atoms with Crippen molar-refractivity contribution >= 4 is 11.7 Å². The molecular weight excluding hydrogens is 521 g/mol. The Bertz CT molecular complexity index is 1420. The largest absolute Gasteiger partial charge is 0.481 e. The molecule has 0 spiro atoms. The standard InChI is InChI=1S/C33H36FN3O4/c1-22(2)16-24-8-12-27(13-9-24)32(28-19-35-36-20-28)41-30-14-10-25(11-15-30)18-31(33(38)39-4)23(3)37-40-21-26-6-5-7-29(34)17-26/h5-15,17,19-20,22,31-32H,16,18,21H2,1-4H3,(H,35,36). The van der Waals surface area contributed by atoms with Crippen LogP contribution in [0, 0.1) is 17.7 Å². The molecule has 0 amide bonds. The lowest BCUT2D eigenvalue weighted by molar-refractivity contribution is -0.143. The van der Waals surface area contributed by atoms with Gasteiger partial charge in [0.15, 0.2) is 6.10 Å². The van der Waals surface area contributed by atoms with Gasteiger partial charge in [0.1, 0.15) is 24.1 Å². The third-order valence-electron chi connectivity index (χ3n) is 6.68. The molecule has 0 saturated carbocycles. The normalized spacial score (nSPS) is 13.1. The van der Waals surface area contributed by atoms with Crippen LogP contribution in [0.15, 0.2) is 90.3 Å². The molecule has 4 rings (SSSR count). The van der Waals surface area contributed by atoms with Crippen molar-refractivity contribution in [1.82, 2.24) is 10.2 Å². The van der Waals surface area contributed by atoms with Crippen LogP contribution >= 0.6 is 0 Å². The third kappa shape index (κ3) is 8.51. The van der Waals surface area contributed by atoms with Crippen molar-refractivity contribution in [1.29, 1.82) is 0 Å². The Balaban J connectivity index is 1.44. The minimum Gasteiger partial charge on any atom is -0.481 e. The van der Waals surface area contributed by atoms with Crippen molar-refractivity contribution in [3.63, 3.8) is 0 Å². The Morgan fingerprint density at radius 3 is 2.29 bits per heavy atom. The Kier molecular flexibility index (Phi) is 10.3. The fraction of sp³-hybridized carbons (Fsp3) is 0.303. The number of ether oxygens (including phenoxy) is 2. The van der Waals surface area contributed by atoms with E-state index in [1.54, 1.807) is 25.3 Å². The van der Waals surface area contributed by atoms with Gasteiger partial charge in [0, 0.05) is 11.8 Å². The predicted octanol–water partition coefficient (Wildman–Crippen LogP) is 6.84. The van der Waals surface area contributed by atoms with E-state index in [1.165, 1.54) is 24.8 Å². The first-order valence-electron chi connectivity index (χ1n) is 13.6. The van der Waals surface area contributed by atoms with Gasteiger partial charge in [-0.2, -0.15) is 5.10 Å². The van der Waals surface area contributed by atoms with Gasteiger partial charge in [-0.1, -0.05) is 67.5 Å². The van der Waals surface area contributed by atoms with E-state index >= 15 is 0 Å². The van der Waals surface area contributed by atoms with Crippen molar-refractivity contribution in [2.24, 2.45) is 17.0 Å². The Hall–Kier alpha value is -4.46. The lowest BCUT2D eigenvalue weighted by Crippen LogP contribution is -2.26. The minimum absolute atomic E-state index is 0.0906. The van der Waals surface area contributed by atoms with Crippen molar-refractivity contribution in [3.8, 4) is 5.75 Å². The number of aromatic nitrogens is 2. The first kappa shape index (κ1) is 29.5. The van der Waals surface area contributed by atoms with Gasteiger partial charge in [0.05, 0.1) is 19.0 Å². The van der Waals surface area contributed by atoms with Crippen molar-refractivity contribution in [2.45, 2.75) is 46.3 Å². The van der Waals surface area contributed by atoms with Crippen LogP contribution in [-0.4, -0.2) is 29.0 Å². The summed E-state index contributed by atoms with van der Waals surface area (Å²) in [6.07, 6.45) is 4.66. The highest BCUT2D eigenvalue weighted by Crippen LogP contribution is 2.29. The molecule has 0 aliphatic rings. The predicted molar refractivity (Wildman–Crippen MR) is 156 cm³/mol. The molecule has 0 radical (unpaired) electrons. The number of nitrogens with zero attached hydrogens (tertiary/aromatic N) is 2. The fourth-order valence-electron chi connectivity index (χ4n) is 4.55. The topological polar surface area (TPSA) is 85.8 Å². The summed E-state index contributed by atoms with van der Waals surface area (Å²) in [7, 11) is 1.35. The van der Waals surface area contributed by atoms with Crippen molar-refractivity contribution in [3.05, 3.63) is 119 Å². The van der Waals surface area contributed by atoms with Gasteiger partial charge in [-0.3, -0.25) is 9.89 Å². The van der Waals surface area contributed by atoms with E-state index in [0.717, 1.165) is 23.1 Å². The molecule has 1 heterocycles. The average molecular weight is 558 g/mol. The number of rotatable bonds is 13. The lowest BCUT2D eigenvalue weighted by Gasteiger charge is -2.20. The highest BCUT2D eigenvalue weighted by molar-refractivity contribution is 6.00. The molecule has 4 aromatic rings. The molecule has 0 aliphatic carbocycles. The smallest absolute Gasteiger partial charge is 0.314 e. The van der Waals surface area contributed by atoms with E-state index in [-0.39, 0.29) is 18.5 Å². The van der Waals surface area contributed by atoms with Crippen molar-refractivity contribution < 1.29 is 23.5 Å². The molecule has 214 valence electrons. The number of halogens is 1. The number of oxime groups is 1. The summed E-state index contributed by atoms with van der Waals surface area (Å²) in [6.45, 7) is 6.22. The molecule has 0 saturated heterocycles. The second kappa shape index (κ2) is 14.3. The molecule has 1 aromatic heterocycles. The summed E-state index contributed by atoms with van der Waals surface area (Å²) < 4.78 is 24.9. The Morgan fingerprint density at radius 2 is 1.66 bits per heavy atom. The molecule has 2 unspecified atom stereocenters. The number of H-pyrrole nitrogens is 1. The summed E-state index contributed by atoms with van der Waals surface area (Å²) in [4.78, 5) is 18.0. The van der Waals surface area contributed by atoms with Gasteiger partial charge in [0.2, 0.25) is 0 Å². The molecule has 0 bridgehead atoms. The highest BCUT2D eigenvalue weighted by Gasteiger charge is 2.24. The van der Waals surface area contributed by atoms with Gasteiger partial charge in [-0.25, -0.2) is 4.39 Å². The fourth-order valence-corrected chi connectivity index (χ4v) is 4.55. The zero-order valence-electron chi connectivity index (χ0n) is 23.8. The van der Waals surface area contributed by atoms with E-state index in [9.17, 15) is 9.18 Å². The first-order chi connectivity index (χ1) is 19.8. The molecule has 7 nitrogen and oxygen atoms in total. The zero-order chi connectivity index (χ0) is 29.2. The summed E-state index contributed by atoms with van der Waals surface area (Å²) >= 11 is 0. The number of carbonyl (C=O) groups is 1. The number of nitrogens with one attached hydrogen (secondary N) is 1. The van der Waals surface area contributed by atoms with E-state index < -0.39 is 11.9 Å². The second-order valence-corrected chi connectivity index (χ2v) is 10.4. The maximum atomic E-state index is 13.4. The number of benzene rings is 3. The molecule has 0 fully saturated rings. The van der Waals surface area contributed by atoms with Gasteiger partial charge in [-0.05, 0) is 72.2 Å². The number of aromatic amines is 1. The van der Waals surface area contributed by atoms with Crippen LogP contribution < -0.4 is 4.74 Å². The summed E-state index contributed by atoms with van der Waals surface area (Å²) in [5.41, 5.74) is 5.25. The molecule has 1 N–H and O–H groups in total. The monoisotopic (exact) mass is 557 g/mol. The molecule has 2 atom stereocenters. The van der Waals surface area contributed by atoms with Gasteiger partial charge in [0.25, 0.3) is 0 Å². The second-order valence-electron chi connectivity index (χ2n) is 10.4. The number of hydrogen-bond acceptors (Lipinski definition) is 6. The Morgan fingerprint density at radius 1 is 0.951 bits per heavy atom. The Labute approximate surface area is 240 Å². The van der Waals surface area contributed by atoms with E-state index in [2.05, 4.69) is 53.5 Å². The van der Waals surface area contributed by atoms with Gasteiger partial charge < -0.3 is 14.3 Å². The number of esters is 1. The third-order valence-corrected chi connectivity index (χ3v) is 6.68. The van der Waals surface area contributed by atoms with Crippen LogP contribution in [0.2, 0.25) is 0 Å². The molecule has 8 heteroatoms. The summed E-state index contributed by atoms with van der Waals surface area (Å²) in [5, 5.41) is 11.1. The van der Waals surface area contributed by atoms with Crippen LogP contribution in [-0.2, 0) is 33.8 Å². The summed E-state index contributed by atoms with van der Waals surface area (Å²) in [5.74, 6) is -0.127. The maximum Gasteiger partial charge on any atom is 0.314 e. The van der Waals surface area contributed by atoms with E-state index in [0.29, 0.717) is 29.4 Å². The quantitative estimate of drug-likeness (QED) is 0.111. The average Bonchev–Trinajstić information content (AvgIpc) is 3.50. The first-order valence-corrected chi connectivity index (χ1v) is 13.6. The number of carbonyl (C=O) groups excluding carboxylic acids is 1. The summed E-state index contributed by atoms with van der Waals surface area (Å²) in [6, 6.07) is 22.2. The van der Waals surface area contributed by atoms with E-state index in [1.807, 2.05) is 30.5 Å². The number of methoxy groups -OCH3 is 1. The highest BCUT2D eigenvalue weighted by atomic mass is 19.1. The van der Waals surface area contributed by atoms with Crippen LogP contribution in [0.25, 0.3) is 0 Å². The zero-order valence-corrected chi connectivity index (χ0v) is 23.8. The minimum atomic E-state index is -0.637. The maximum absolute atomic E-state index is 13.4. The van der Waals surface area contributed by atoms with Crippen LogP contribution in [0.4, 0.5) is 4.39 Å². The molecule has 0 aliphatic heterocycles. The lowest BCUT2D eigenvalue weighted by atomic mass is 9.95. The van der Waals surface area contributed by atoms with Gasteiger partial charge in [-0.15, -0.1) is 0 Å².